The minimum atomic E-state index is -0.339. The molecule has 1 aliphatic rings. The van der Waals surface area contributed by atoms with Crippen LogP contribution in [0.1, 0.15) is 33.4 Å². The van der Waals surface area contributed by atoms with E-state index >= 15 is 0 Å². The molecule has 0 saturated heterocycles. The maximum atomic E-state index is 11.8. The number of hydrogen-bond donors (Lipinski definition) is 1. The number of fused-ring (bicyclic) bond motifs is 1. The molecule has 2 aromatic rings. The number of carbonyl (C=O) groups excluding carboxylic acids is 1. The number of hydrogen-bond acceptors (Lipinski definition) is 5. The van der Waals surface area contributed by atoms with E-state index in [0.29, 0.717) is 18.3 Å². The summed E-state index contributed by atoms with van der Waals surface area (Å²) < 4.78 is 5.02. The molecule has 0 unspecified atom stereocenters. The van der Waals surface area contributed by atoms with Crippen LogP contribution in [0.3, 0.4) is 0 Å². The molecule has 5 heteroatoms. The monoisotopic (exact) mass is 302 g/mol. The number of nitrogens with one attached hydrogen (secondary N) is 1. The van der Waals surface area contributed by atoms with E-state index in [4.69, 9.17) is 4.74 Å². The number of nitrogens with zero attached hydrogens (tertiary/aromatic N) is 1. The van der Waals surface area contributed by atoms with Gasteiger partial charge in [-0.1, -0.05) is 24.3 Å². The van der Waals surface area contributed by atoms with E-state index < -0.39 is 0 Å². The van der Waals surface area contributed by atoms with Crippen LogP contribution in [0.4, 0.5) is 5.13 Å². The van der Waals surface area contributed by atoms with Gasteiger partial charge in [-0.15, -0.1) is 11.3 Å². The van der Waals surface area contributed by atoms with Gasteiger partial charge in [0.1, 0.15) is 0 Å². The quantitative estimate of drug-likeness (QED) is 0.881. The third kappa shape index (κ3) is 2.93. The van der Waals surface area contributed by atoms with Crippen molar-refractivity contribution in [1.29, 1.82) is 0 Å². The summed E-state index contributed by atoms with van der Waals surface area (Å²) >= 11 is 1.51. The van der Waals surface area contributed by atoms with Gasteiger partial charge in [0.25, 0.3) is 0 Å². The van der Waals surface area contributed by atoms with Crippen molar-refractivity contribution in [3.8, 4) is 0 Å². The van der Waals surface area contributed by atoms with Crippen molar-refractivity contribution >= 4 is 22.4 Å². The molecule has 1 heterocycles. The molecule has 110 valence electrons. The average Bonchev–Trinajstić information content (AvgIpc) is 3.02. The van der Waals surface area contributed by atoms with Crippen LogP contribution in [0, 0.1) is 6.92 Å². The molecule has 0 spiro atoms. The van der Waals surface area contributed by atoms with E-state index in [1.165, 1.54) is 22.5 Å². The molecule has 1 N–H and O–H groups in total. The zero-order valence-electron chi connectivity index (χ0n) is 12.2. The van der Waals surface area contributed by atoms with Crippen molar-refractivity contribution in [2.45, 2.75) is 32.7 Å². The van der Waals surface area contributed by atoms with E-state index in [2.05, 4.69) is 34.6 Å². The summed E-state index contributed by atoms with van der Waals surface area (Å²) in [7, 11) is 0. The largest absolute Gasteiger partial charge is 0.461 e. The van der Waals surface area contributed by atoms with Gasteiger partial charge in [-0.2, -0.15) is 0 Å². The van der Waals surface area contributed by atoms with Crippen LogP contribution in [-0.2, 0) is 17.6 Å². The molecule has 0 amide bonds. The van der Waals surface area contributed by atoms with E-state index in [-0.39, 0.29) is 5.97 Å². The van der Waals surface area contributed by atoms with Gasteiger partial charge in [-0.3, -0.25) is 0 Å². The highest BCUT2D eigenvalue weighted by Crippen LogP contribution is 2.28. The number of esters is 1. The lowest BCUT2D eigenvalue weighted by Gasteiger charge is -2.09. The van der Waals surface area contributed by atoms with Gasteiger partial charge in [0.05, 0.1) is 6.61 Å². The molecule has 0 bridgehead atoms. The average molecular weight is 302 g/mol. The highest BCUT2D eigenvalue weighted by Gasteiger charge is 2.23. The van der Waals surface area contributed by atoms with E-state index in [9.17, 15) is 4.79 Å². The second-order valence-electron chi connectivity index (χ2n) is 5.16. The van der Waals surface area contributed by atoms with Gasteiger partial charge in [0, 0.05) is 10.9 Å². The van der Waals surface area contributed by atoms with Gasteiger partial charge in [-0.05, 0) is 37.8 Å². The predicted octanol–water partition coefficient (Wildman–Crippen LogP) is 3.21. The number of rotatable bonds is 4. The fourth-order valence-corrected chi connectivity index (χ4v) is 3.56. The molecule has 0 radical (unpaired) electrons. The first-order chi connectivity index (χ1) is 10.2. The van der Waals surface area contributed by atoms with Crippen LogP contribution < -0.4 is 5.32 Å². The molecule has 1 aliphatic carbocycles. The Morgan fingerprint density at radius 1 is 1.38 bits per heavy atom. The lowest BCUT2D eigenvalue weighted by molar-refractivity contribution is 0.0519. The molecule has 1 aromatic heterocycles. The summed E-state index contributed by atoms with van der Waals surface area (Å²) in [6.45, 7) is 4.07. The highest BCUT2D eigenvalue weighted by atomic mass is 32.1. The molecule has 1 aromatic carbocycles. The molecular weight excluding hydrogens is 284 g/mol. The lowest BCUT2D eigenvalue weighted by atomic mass is 10.1. The van der Waals surface area contributed by atoms with Crippen molar-refractivity contribution in [3.05, 3.63) is 46.0 Å². The van der Waals surface area contributed by atoms with Crippen molar-refractivity contribution in [3.63, 3.8) is 0 Å². The van der Waals surface area contributed by atoms with E-state index in [1.807, 2.05) is 6.92 Å². The topological polar surface area (TPSA) is 51.2 Å². The van der Waals surface area contributed by atoms with Crippen LogP contribution in [0.15, 0.2) is 24.3 Å². The number of aryl methyl sites for hydroxylation is 1. The maximum Gasteiger partial charge on any atom is 0.358 e. The van der Waals surface area contributed by atoms with Crippen LogP contribution in [0.5, 0.6) is 0 Å². The third-order valence-electron chi connectivity index (χ3n) is 3.64. The Balaban J connectivity index is 1.70. The summed E-state index contributed by atoms with van der Waals surface area (Å²) in [4.78, 5) is 17.1. The maximum absolute atomic E-state index is 11.8. The number of carbonyl (C=O) groups is 1. The summed E-state index contributed by atoms with van der Waals surface area (Å²) in [5.74, 6) is -0.339. The Bertz CT molecular complexity index is 641. The number of thiazole rings is 1. The minimum absolute atomic E-state index is 0.339. The number of ether oxygens (including phenoxy) is 1. The SMILES string of the molecule is CCOC(=O)c1nc(NC2Cc3ccccc3C2)sc1C. The molecule has 21 heavy (non-hydrogen) atoms. The molecule has 0 fully saturated rings. The Labute approximate surface area is 128 Å². The molecule has 0 aliphatic heterocycles. The molecule has 3 rings (SSSR count). The first-order valence-corrected chi connectivity index (χ1v) is 7.97. The fraction of sp³-hybridized carbons (Fsp3) is 0.375. The number of aromatic nitrogens is 1. The summed E-state index contributed by atoms with van der Waals surface area (Å²) in [5, 5.41) is 4.25. The van der Waals surface area contributed by atoms with Crippen molar-refractivity contribution in [2.24, 2.45) is 0 Å². The van der Waals surface area contributed by atoms with Gasteiger partial charge < -0.3 is 10.1 Å². The molecule has 0 atom stereocenters. The third-order valence-corrected chi connectivity index (χ3v) is 4.55. The summed E-state index contributed by atoms with van der Waals surface area (Å²) in [5.41, 5.74) is 3.22. The van der Waals surface area contributed by atoms with Crippen LogP contribution in [0.2, 0.25) is 0 Å². The second kappa shape index (κ2) is 5.85. The first-order valence-electron chi connectivity index (χ1n) is 7.15. The Morgan fingerprint density at radius 2 is 2.05 bits per heavy atom. The van der Waals surface area contributed by atoms with Crippen LogP contribution >= 0.6 is 11.3 Å². The van der Waals surface area contributed by atoms with E-state index in [1.54, 1.807) is 6.92 Å². The smallest absolute Gasteiger partial charge is 0.358 e. The predicted molar refractivity (Wildman–Crippen MR) is 84.1 cm³/mol. The van der Waals surface area contributed by atoms with Crippen LogP contribution in [0.25, 0.3) is 0 Å². The summed E-state index contributed by atoms with van der Waals surface area (Å²) in [6.07, 6.45) is 2.01. The van der Waals surface area contributed by atoms with Crippen molar-refractivity contribution < 1.29 is 9.53 Å². The molecular formula is C16H18N2O2S. The second-order valence-corrected chi connectivity index (χ2v) is 6.37. The molecule has 4 nitrogen and oxygen atoms in total. The Hall–Kier alpha value is -1.88. The Kier molecular flexibility index (Phi) is 3.92. The van der Waals surface area contributed by atoms with Gasteiger partial charge in [0.15, 0.2) is 10.8 Å². The van der Waals surface area contributed by atoms with Gasteiger partial charge in [0.2, 0.25) is 0 Å². The normalized spacial score (nSPS) is 14.0. The Morgan fingerprint density at radius 3 is 2.67 bits per heavy atom. The van der Waals surface area contributed by atoms with Gasteiger partial charge in [-0.25, -0.2) is 9.78 Å². The van der Waals surface area contributed by atoms with Crippen LogP contribution in [-0.4, -0.2) is 23.6 Å². The van der Waals surface area contributed by atoms with Gasteiger partial charge >= 0.3 is 5.97 Å². The number of benzene rings is 1. The summed E-state index contributed by atoms with van der Waals surface area (Å²) in [6, 6.07) is 8.85. The lowest BCUT2D eigenvalue weighted by Crippen LogP contribution is -2.19. The standard InChI is InChI=1S/C16H18N2O2S/c1-3-20-15(19)14-10(2)21-16(18-14)17-13-8-11-6-4-5-7-12(11)9-13/h4-7,13H,3,8-9H2,1-2H3,(H,17,18). The van der Waals surface area contributed by atoms with Crippen molar-refractivity contribution in [2.75, 3.05) is 11.9 Å². The van der Waals surface area contributed by atoms with E-state index in [0.717, 1.165) is 22.9 Å². The first kappa shape index (κ1) is 14.1. The fourth-order valence-electron chi connectivity index (χ4n) is 2.68. The minimum Gasteiger partial charge on any atom is -0.461 e. The molecule has 0 saturated carbocycles. The zero-order valence-corrected chi connectivity index (χ0v) is 13.0. The zero-order chi connectivity index (χ0) is 14.8. The highest BCUT2D eigenvalue weighted by molar-refractivity contribution is 7.15. The van der Waals surface area contributed by atoms with Crippen molar-refractivity contribution in [1.82, 2.24) is 4.98 Å². The number of anilines is 1.